The monoisotopic (exact) mass is 246 g/mol. The second-order valence-electron chi connectivity index (χ2n) is 4.39. The molecule has 0 atom stereocenters. The van der Waals surface area contributed by atoms with Crippen LogP contribution in [-0.2, 0) is 6.54 Å². The van der Waals surface area contributed by atoms with Gasteiger partial charge < -0.3 is 4.90 Å². The van der Waals surface area contributed by atoms with Gasteiger partial charge in [-0.05, 0) is 25.0 Å². The fourth-order valence-corrected chi connectivity index (χ4v) is 2.39. The molecule has 0 bridgehead atoms. The maximum absolute atomic E-state index is 4.57. The van der Waals surface area contributed by atoms with E-state index in [2.05, 4.69) is 19.2 Å². The van der Waals surface area contributed by atoms with Crippen molar-refractivity contribution in [2.24, 2.45) is 0 Å². The van der Waals surface area contributed by atoms with E-state index in [-0.39, 0.29) is 0 Å². The van der Waals surface area contributed by atoms with E-state index < -0.39 is 0 Å². The molecule has 0 unspecified atom stereocenters. The average Bonchev–Trinajstić information content (AvgIpc) is 3.08. The van der Waals surface area contributed by atoms with Crippen LogP contribution in [0.5, 0.6) is 0 Å². The number of nitrogens with zero attached hydrogens (tertiary/aromatic N) is 4. The van der Waals surface area contributed by atoms with Crippen molar-refractivity contribution >= 4 is 16.7 Å². The Morgan fingerprint density at radius 1 is 1.41 bits per heavy atom. The maximum Gasteiger partial charge on any atom is 0.205 e. The van der Waals surface area contributed by atoms with Crippen molar-refractivity contribution in [3.63, 3.8) is 0 Å². The summed E-state index contributed by atoms with van der Waals surface area (Å²) in [6.07, 6.45) is 4.32. The fraction of sp³-hybridized carbons (Fsp3) is 0.417. The number of anilines is 1. The second kappa shape index (κ2) is 4.41. The van der Waals surface area contributed by atoms with Crippen LogP contribution in [-0.4, -0.2) is 21.4 Å². The zero-order valence-corrected chi connectivity index (χ0v) is 10.5. The first-order valence-corrected chi connectivity index (χ1v) is 6.55. The summed E-state index contributed by atoms with van der Waals surface area (Å²) >= 11 is 1.48. The first kappa shape index (κ1) is 10.7. The Morgan fingerprint density at radius 2 is 2.29 bits per heavy atom. The van der Waals surface area contributed by atoms with Gasteiger partial charge in [0.1, 0.15) is 5.82 Å². The van der Waals surface area contributed by atoms with E-state index in [0.717, 1.165) is 23.2 Å². The highest BCUT2D eigenvalue weighted by Gasteiger charge is 2.28. The first-order valence-electron chi connectivity index (χ1n) is 5.77. The highest BCUT2D eigenvalue weighted by molar-refractivity contribution is 7.09. The summed E-state index contributed by atoms with van der Waals surface area (Å²) < 4.78 is 4.41. The minimum Gasteiger partial charge on any atom is -0.344 e. The minimum absolute atomic E-state index is 0.628. The van der Waals surface area contributed by atoms with E-state index >= 15 is 0 Å². The van der Waals surface area contributed by atoms with E-state index in [1.165, 1.54) is 24.4 Å². The third-order valence-electron chi connectivity index (χ3n) is 2.83. The zero-order chi connectivity index (χ0) is 11.7. The number of rotatable bonds is 4. The largest absolute Gasteiger partial charge is 0.344 e. The summed E-state index contributed by atoms with van der Waals surface area (Å²) in [7, 11) is 2.03. The van der Waals surface area contributed by atoms with E-state index in [1.54, 1.807) is 0 Å². The fourth-order valence-electron chi connectivity index (χ4n) is 1.69. The highest BCUT2D eigenvalue weighted by atomic mass is 32.1. The Kier molecular flexibility index (Phi) is 2.76. The molecule has 1 fully saturated rings. The molecule has 4 nitrogen and oxygen atoms in total. The van der Waals surface area contributed by atoms with Gasteiger partial charge in [-0.3, -0.25) is 4.98 Å². The number of pyridine rings is 1. The molecule has 0 spiro atoms. The van der Waals surface area contributed by atoms with Gasteiger partial charge in [0, 0.05) is 30.7 Å². The molecule has 2 aromatic heterocycles. The molecule has 1 aliphatic carbocycles. The topological polar surface area (TPSA) is 41.9 Å². The molecule has 0 radical (unpaired) electrons. The van der Waals surface area contributed by atoms with Crippen LogP contribution in [0.4, 0.5) is 5.13 Å². The Balaban J connectivity index is 1.70. The van der Waals surface area contributed by atoms with Crippen LogP contribution < -0.4 is 4.90 Å². The quantitative estimate of drug-likeness (QED) is 0.831. The molecule has 1 saturated carbocycles. The maximum atomic E-state index is 4.57. The molecule has 3 rings (SSSR count). The van der Waals surface area contributed by atoms with Gasteiger partial charge in [0.05, 0.1) is 12.2 Å². The molecule has 0 N–H and O–H groups in total. The molecule has 2 heterocycles. The van der Waals surface area contributed by atoms with Crippen molar-refractivity contribution in [1.82, 2.24) is 14.3 Å². The van der Waals surface area contributed by atoms with E-state index in [9.17, 15) is 0 Å². The van der Waals surface area contributed by atoms with E-state index in [1.807, 2.05) is 31.4 Å². The predicted octanol–water partition coefficient (Wildman–Crippen LogP) is 2.45. The average molecular weight is 246 g/mol. The van der Waals surface area contributed by atoms with Gasteiger partial charge in [-0.1, -0.05) is 6.07 Å². The summed E-state index contributed by atoms with van der Waals surface area (Å²) in [5.74, 6) is 1.65. The number of aromatic nitrogens is 3. The van der Waals surface area contributed by atoms with Gasteiger partial charge in [0.25, 0.3) is 0 Å². The Bertz CT molecular complexity index is 492. The van der Waals surface area contributed by atoms with Crippen molar-refractivity contribution in [3.05, 3.63) is 35.9 Å². The second-order valence-corrected chi connectivity index (χ2v) is 5.12. The van der Waals surface area contributed by atoms with Crippen LogP contribution >= 0.6 is 11.5 Å². The molecule has 0 amide bonds. The van der Waals surface area contributed by atoms with Gasteiger partial charge in [-0.25, -0.2) is 4.98 Å². The lowest BCUT2D eigenvalue weighted by Gasteiger charge is -2.13. The molecule has 0 aromatic carbocycles. The van der Waals surface area contributed by atoms with Crippen molar-refractivity contribution in [1.29, 1.82) is 0 Å². The van der Waals surface area contributed by atoms with Gasteiger partial charge in [-0.2, -0.15) is 4.37 Å². The Hall–Kier alpha value is -1.49. The van der Waals surface area contributed by atoms with Gasteiger partial charge in [-0.15, -0.1) is 0 Å². The van der Waals surface area contributed by atoms with Crippen LogP contribution in [0.3, 0.4) is 0 Å². The summed E-state index contributed by atoms with van der Waals surface area (Å²) in [6.45, 7) is 0.778. The molecular weight excluding hydrogens is 232 g/mol. The molecule has 17 heavy (non-hydrogen) atoms. The first-order chi connectivity index (χ1) is 8.33. The Morgan fingerprint density at radius 3 is 3.00 bits per heavy atom. The van der Waals surface area contributed by atoms with Crippen LogP contribution in [0.25, 0.3) is 0 Å². The number of hydrogen-bond acceptors (Lipinski definition) is 5. The predicted molar refractivity (Wildman–Crippen MR) is 68.2 cm³/mol. The van der Waals surface area contributed by atoms with E-state index in [0.29, 0.717) is 5.92 Å². The lowest BCUT2D eigenvalue weighted by molar-refractivity contribution is 0.867. The lowest BCUT2D eigenvalue weighted by Crippen LogP contribution is -2.16. The van der Waals surface area contributed by atoms with Crippen molar-refractivity contribution in [2.75, 3.05) is 11.9 Å². The minimum atomic E-state index is 0.628. The van der Waals surface area contributed by atoms with Crippen molar-refractivity contribution in [3.8, 4) is 0 Å². The Labute approximate surface area is 105 Å². The van der Waals surface area contributed by atoms with Crippen LogP contribution in [0, 0.1) is 0 Å². The summed E-state index contributed by atoms with van der Waals surface area (Å²) in [6, 6.07) is 5.96. The highest BCUT2D eigenvalue weighted by Crippen LogP contribution is 2.39. The van der Waals surface area contributed by atoms with E-state index in [4.69, 9.17) is 0 Å². The molecule has 88 valence electrons. The van der Waals surface area contributed by atoms with Gasteiger partial charge in [0.15, 0.2) is 0 Å². The lowest BCUT2D eigenvalue weighted by atomic mass is 10.3. The van der Waals surface area contributed by atoms with Gasteiger partial charge >= 0.3 is 0 Å². The van der Waals surface area contributed by atoms with Crippen LogP contribution in [0.1, 0.15) is 30.3 Å². The van der Waals surface area contributed by atoms with Gasteiger partial charge in [0.2, 0.25) is 5.13 Å². The third kappa shape index (κ3) is 2.44. The molecule has 0 aliphatic heterocycles. The zero-order valence-electron chi connectivity index (χ0n) is 9.71. The summed E-state index contributed by atoms with van der Waals surface area (Å²) in [4.78, 5) is 11.0. The summed E-state index contributed by atoms with van der Waals surface area (Å²) in [5, 5.41) is 0.984. The smallest absolute Gasteiger partial charge is 0.205 e. The van der Waals surface area contributed by atoms with Crippen molar-refractivity contribution < 1.29 is 0 Å². The molecule has 5 heteroatoms. The van der Waals surface area contributed by atoms with Crippen LogP contribution in [0.15, 0.2) is 24.4 Å². The molecule has 2 aromatic rings. The molecule has 1 aliphatic rings. The molecule has 0 saturated heterocycles. The molecular formula is C12H14N4S. The number of hydrogen-bond donors (Lipinski definition) is 0. The standard InChI is InChI=1S/C12H14N4S/c1-16(8-10-4-2-3-7-13-10)12-14-11(15-17-12)9-5-6-9/h2-4,7,9H,5-6,8H2,1H3. The van der Waals surface area contributed by atoms with Crippen LogP contribution in [0.2, 0.25) is 0 Å². The third-order valence-corrected chi connectivity index (χ3v) is 3.67. The normalized spacial score (nSPS) is 14.9. The SMILES string of the molecule is CN(Cc1ccccn1)c1nc(C2CC2)ns1. The van der Waals surface area contributed by atoms with Crippen molar-refractivity contribution in [2.45, 2.75) is 25.3 Å². The summed E-state index contributed by atoms with van der Waals surface area (Å²) in [5.41, 5.74) is 1.05.